The molecule has 0 aromatic carbocycles. The minimum absolute atomic E-state index is 0.327. The third-order valence-corrected chi connectivity index (χ3v) is 2.99. The van der Waals surface area contributed by atoms with Crippen molar-refractivity contribution in [1.82, 2.24) is 4.37 Å². The number of hydrogen-bond donors (Lipinski definition) is 2. The number of anilines is 2. The summed E-state index contributed by atoms with van der Waals surface area (Å²) in [6.45, 7) is 4.27. The number of hydrogen-bond acceptors (Lipinski definition) is 5. The Kier molecular flexibility index (Phi) is 4.37. The number of nitrogen functional groups attached to an aromatic ring is 1. The maximum Gasteiger partial charge on any atom is 0.157 e. The molecule has 0 aliphatic heterocycles. The van der Waals surface area contributed by atoms with Crippen molar-refractivity contribution in [3.8, 4) is 6.07 Å². The molecule has 1 aromatic heterocycles. The molecule has 1 aromatic rings. The molecule has 1 atom stereocenters. The first kappa shape index (κ1) is 11.8. The van der Waals surface area contributed by atoms with Crippen LogP contribution in [0.1, 0.15) is 38.7 Å². The van der Waals surface area contributed by atoms with Gasteiger partial charge in [0.1, 0.15) is 16.6 Å². The number of aromatic nitrogens is 1. The quantitative estimate of drug-likeness (QED) is 0.806. The molecule has 0 bridgehead atoms. The van der Waals surface area contributed by atoms with Crippen molar-refractivity contribution >= 4 is 22.4 Å². The van der Waals surface area contributed by atoms with Gasteiger partial charge >= 0.3 is 0 Å². The molecule has 0 aliphatic rings. The van der Waals surface area contributed by atoms with Gasteiger partial charge in [0.15, 0.2) is 5.82 Å². The predicted molar refractivity (Wildman–Crippen MR) is 63.9 cm³/mol. The van der Waals surface area contributed by atoms with Crippen LogP contribution < -0.4 is 11.1 Å². The largest absolute Gasteiger partial charge is 0.382 e. The molecule has 0 saturated carbocycles. The highest BCUT2D eigenvalue weighted by Crippen LogP contribution is 2.26. The molecule has 1 unspecified atom stereocenters. The number of rotatable bonds is 5. The molecular formula is C10H16N4S. The molecule has 82 valence electrons. The fourth-order valence-electron chi connectivity index (χ4n) is 1.32. The van der Waals surface area contributed by atoms with Crippen LogP contribution in [-0.2, 0) is 0 Å². The number of nitriles is 1. The minimum atomic E-state index is 0.327. The lowest BCUT2D eigenvalue weighted by Crippen LogP contribution is -2.14. The van der Waals surface area contributed by atoms with Crippen molar-refractivity contribution < 1.29 is 0 Å². The molecule has 5 heteroatoms. The molecule has 0 fully saturated rings. The normalized spacial score (nSPS) is 12.1. The Hall–Kier alpha value is -1.28. The second-order valence-corrected chi connectivity index (χ2v) is 4.34. The average Bonchev–Trinajstić information content (AvgIpc) is 2.56. The van der Waals surface area contributed by atoms with Crippen LogP contribution in [0.15, 0.2) is 0 Å². The van der Waals surface area contributed by atoms with Crippen LogP contribution in [-0.4, -0.2) is 10.4 Å². The number of nitrogens with two attached hydrogens (primary N) is 1. The van der Waals surface area contributed by atoms with Gasteiger partial charge in [0, 0.05) is 6.04 Å². The predicted octanol–water partition coefficient (Wildman–Crippen LogP) is 2.59. The van der Waals surface area contributed by atoms with Crippen LogP contribution in [0.4, 0.5) is 10.8 Å². The van der Waals surface area contributed by atoms with Gasteiger partial charge in [0.2, 0.25) is 0 Å². The fourth-order valence-corrected chi connectivity index (χ4v) is 2.09. The molecule has 1 rings (SSSR count). The van der Waals surface area contributed by atoms with E-state index < -0.39 is 0 Å². The lowest BCUT2D eigenvalue weighted by atomic mass is 10.1. The van der Waals surface area contributed by atoms with E-state index in [0.29, 0.717) is 17.4 Å². The van der Waals surface area contributed by atoms with E-state index in [1.54, 1.807) is 0 Å². The fraction of sp³-hybridized carbons (Fsp3) is 0.600. The van der Waals surface area contributed by atoms with Crippen LogP contribution in [0.25, 0.3) is 0 Å². The van der Waals surface area contributed by atoms with Crippen molar-refractivity contribution in [1.29, 1.82) is 5.26 Å². The second-order valence-electron chi connectivity index (χ2n) is 3.57. The van der Waals surface area contributed by atoms with E-state index in [9.17, 15) is 0 Å². The van der Waals surface area contributed by atoms with Gasteiger partial charge in [-0.05, 0) is 24.9 Å². The first-order valence-corrected chi connectivity index (χ1v) is 5.88. The van der Waals surface area contributed by atoms with E-state index in [0.717, 1.165) is 11.4 Å². The van der Waals surface area contributed by atoms with Gasteiger partial charge in [-0.25, -0.2) is 0 Å². The maximum absolute atomic E-state index is 8.87. The summed E-state index contributed by atoms with van der Waals surface area (Å²) in [4.78, 5) is 0. The number of unbranched alkanes of at least 4 members (excludes halogenated alkanes) is 1. The monoisotopic (exact) mass is 224 g/mol. The summed E-state index contributed by atoms with van der Waals surface area (Å²) in [5, 5.41) is 12.9. The highest BCUT2D eigenvalue weighted by molar-refractivity contribution is 7.10. The van der Waals surface area contributed by atoms with Gasteiger partial charge in [-0.15, -0.1) is 0 Å². The van der Waals surface area contributed by atoms with E-state index in [-0.39, 0.29) is 0 Å². The Morgan fingerprint density at radius 2 is 2.40 bits per heavy atom. The van der Waals surface area contributed by atoms with Crippen LogP contribution in [0.3, 0.4) is 0 Å². The van der Waals surface area contributed by atoms with E-state index in [1.807, 2.05) is 0 Å². The smallest absolute Gasteiger partial charge is 0.157 e. The summed E-state index contributed by atoms with van der Waals surface area (Å²) in [7, 11) is 0. The Morgan fingerprint density at radius 1 is 1.67 bits per heavy atom. The summed E-state index contributed by atoms with van der Waals surface area (Å²) in [6.07, 6.45) is 3.46. The van der Waals surface area contributed by atoms with Crippen molar-refractivity contribution in [3.63, 3.8) is 0 Å². The minimum Gasteiger partial charge on any atom is -0.382 e. The Bertz CT molecular complexity index is 353. The molecule has 4 nitrogen and oxygen atoms in total. The summed E-state index contributed by atoms with van der Waals surface area (Å²) >= 11 is 1.25. The van der Waals surface area contributed by atoms with Crippen molar-refractivity contribution in [2.75, 3.05) is 11.1 Å². The third-order valence-electron chi connectivity index (χ3n) is 2.20. The van der Waals surface area contributed by atoms with Crippen molar-refractivity contribution in [2.45, 2.75) is 39.2 Å². The van der Waals surface area contributed by atoms with Gasteiger partial charge in [-0.1, -0.05) is 19.8 Å². The zero-order valence-electron chi connectivity index (χ0n) is 9.08. The lowest BCUT2D eigenvalue weighted by molar-refractivity contribution is 0.646. The molecule has 0 aliphatic carbocycles. The van der Waals surface area contributed by atoms with Crippen LogP contribution in [0.2, 0.25) is 0 Å². The number of nitrogens with zero attached hydrogens (tertiary/aromatic N) is 2. The van der Waals surface area contributed by atoms with Crippen molar-refractivity contribution in [2.24, 2.45) is 0 Å². The summed E-state index contributed by atoms with van der Waals surface area (Å²) in [6, 6.07) is 2.42. The molecule has 0 radical (unpaired) electrons. The van der Waals surface area contributed by atoms with Gasteiger partial charge in [-0.2, -0.15) is 9.64 Å². The molecule has 3 N–H and O–H groups in total. The van der Waals surface area contributed by atoms with E-state index in [4.69, 9.17) is 11.0 Å². The highest BCUT2D eigenvalue weighted by atomic mass is 32.1. The SMILES string of the molecule is CCCCC(C)Nc1snc(N)c1C#N. The molecule has 0 spiro atoms. The Labute approximate surface area is 94.3 Å². The summed E-state index contributed by atoms with van der Waals surface area (Å²) in [5.41, 5.74) is 6.04. The molecule has 1 heterocycles. The first-order chi connectivity index (χ1) is 7.19. The van der Waals surface area contributed by atoms with Gasteiger partial charge in [-0.3, -0.25) is 0 Å². The Morgan fingerprint density at radius 3 is 3.00 bits per heavy atom. The molecule has 15 heavy (non-hydrogen) atoms. The first-order valence-electron chi connectivity index (χ1n) is 5.10. The standard InChI is InChI=1S/C10H16N4S/c1-3-4-5-7(2)13-10-8(6-11)9(12)14-15-10/h7,13H,3-5H2,1-2H3,(H2,12,14). The molecule has 0 saturated heterocycles. The third kappa shape index (κ3) is 3.10. The maximum atomic E-state index is 8.87. The van der Waals surface area contributed by atoms with Crippen LogP contribution in [0, 0.1) is 11.3 Å². The average molecular weight is 224 g/mol. The van der Waals surface area contributed by atoms with E-state index >= 15 is 0 Å². The van der Waals surface area contributed by atoms with Gasteiger partial charge in [0.05, 0.1) is 0 Å². The second kappa shape index (κ2) is 5.56. The van der Waals surface area contributed by atoms with Crippen LogP contribution in [0.5, 0.6) is 0 Å². The van der Waals surface area contributed by atoms with E-state index in [2.05, 4.69) is 29.6 Å². The van der Waals surface area contributed by atoms with Gasteiger partial charge in [0.25, 0.3) is 0 Å². The summed E-state index contributed by atoms with van der Waals surface area (Å²) < 4.78 is 3.96. The summed E-state index contributed by atoms with van der Waals surface area (Å²) in [5.74, 6) is 0.327. The zero-order valence-corrected chi connectivity index (χ0v) is 9.90. The molecular weight excluding hydrogens is 208 g/mol. The van der Waals surface area contributed by atoms with Crippen molar-refractivity contribution in [3.05, 3.63) is 5.56 Å². The Balaban J connectivity index is 2.61. The number of nitrogens with one attached hydrogen (secondary N) is 1. The van der Waals surface area contributed by atoms with E-state index in [1.165, 1.54) is 24.4 Å². The lowest BCUT2D eigenvalue weighted by Gasteiger charge is -2.12. The highest BCUT2D eigenvalue weighted by Gasteiger charge is 2.12. The van der Waals surface area contributed by atoms with Gasteiger partial charge < -0.3 is 11.1 Å². The zero-order chi connectivity index (χ0) is 11.3. The van der Waals surface area contributed by atoms with Crippen LogP contribution >= 0.6 is 11.5 Å². The topological polar surface area (TPSA) is 74.7 Å². The molecule has 0 amide bonds.